The molecule has 0 unspecified atom stereocenters. The lowest BCUT2D eigenvalue weighted by atomic mass is 10.1. The van der Waals surface area contributed by atoms with Gasteiger partial charge in [0.15, 0.2) is 0 Å². The van der Waals surface area contributed by atoms with Crippen molar-refractivity contribution in [2.45, 2.75) is 32.6 Å². The molecule has 0 saturated heterocycles. The van der Waals surface area contributed by atoms with Gasteiger partial charge in [0.1, 0.15) is 17.4 Å². The Morgan fingerprint density at radius 3 is 2.69 bits per heavy atom. The van der Waals surface area contributed by atoms with E-state index in [-0.39, 0.29) is 0 Å². The Bertz CT molecular complexity index is 372. The molecule has 0 N–H and O–H groups in total. The van der Waals surface area contributed by atoms with E-state index in [9.17, 15) is 8.78 Å². The largest absolute Gasteiger partial charge is 0.493 e. The van der Waals surface area contributed by atoms with E-state index in [1.165, 1.54) is 18.9 Å². The number of hydrogen-bond acceptors (Lipinski definition) is 1. The van der Waals surface area contributed by atoms with Crippen LogP contribution in [0.3, 0.4) is 0 Å². The van der Waals surface area contributed by atoms with Crippen molar-refractivity contribution >= 4 is 0 Å². The van der Waals surface area contributed by atoms with Crippen molar-refractivity contribution < 1.29 is 13.5 Å². The molecule has 1 fully saturated rings. The average Bonchev–Trinajstić information content (AvgIpc) is 3.03. The predicted octanol–water partition coefficient (Wildman–Crippen LogP) is 3.71. The van der Waals surface area contributed by atoms with E-state index in [4.69, 9.17) is 4.74 Å². The fraction of sp³-hybridized carbons (Fsp3) is 0.538. The van der Waals surface area contributed by atoms with Crippen LogP contribution >= 0.6 is 0 Å². The second kappa shape index (κ2) is 4.81. The summed E-state index contributed by atoms with van der Waals surface area (Å²) in [5, 5.41) is 0. The molecule has 0 radical (unpaired) electrons. The minimum atomic E-state index is -0.567. The van der Waals surface area contributed by atoms with Crippen LogP contribution < -0.4 is 4.74 Å². The van der Waals surface area contributed by atoms with Crippen LogP contribution in [0.4, 0.5) is 8.78 Å². The zero-order chi connectivity index (χ0) is 11.5. The number of halogens is 2. The first-order valence-electron chi connectivity index (χ1n) is 5.81. The monoisotopic (exact) mass is 226 g/mol. The lowest BCUT2D eigenvalue weighted by Crippen LogP contribution is -2.04. The van der Waals surface area contributed by atoms with Crippen LogP contribution in [0.25, 0.3) is 0 Å². The summed E-state index contributed by atoms with van der Waals surface area (Å²) >= 11 is 0. The van der Waals surface area contributed by atoms with E-state index in [0.717, 1.165) is 12.5 Å². The normalized spacial score (nSPS) is 15.2. The van der Waals surface area contributed by atoms with Crippen LogP contribution in [0, 0.1) is 17.6 Å². The second-order valence-corrected chi connectivity index (χ2v) is 4.37. The Labute approximate surface area is 94.4 Å². The molecule has 1 saturated carbocycles. The number of ether oxygens (including phenoxy) is 1. The van der Waals surface area contributed by atoms with Crippen molar-refractivity contribution in [3.05, 3.63) is 29.3 Å². The highest BCUT2D eigenvalue weighted by Gasteiger charge is 2.23. The van der Waals surface area contributed by atoms with Crippen molar-refractivity contribution in [2.24, 2.45) is 5.92 Å². The van der Waals surface area contributed by atoms with Gasteiger partial charge in [-0.2, -0.15) is 0 Å². The number of hydrogen-bond donors (Lipinski definition) is 0. The minimum Gasteiger partial charge on any atom is -0.493 e. The standard InChI is InChI=1S/C13H16F2O/c1-2-3-11-12(15)6-10(14)7-13(11)16-8-9-4-5-9/h6-7,9H,2-5,8H2,1H3. The summed E-state index contributed by atoms with van der Waals surface area (Å²) in [5.74, 6) is -0.0946. The summed E-state index contributed by atoms with van der Waals surface area (Å²) in [7, 11) is 0. The molecule has 1 aromatic carbocycles. The van der Waals surface area contributed by atoms with E-state index in [0.29, 0.717) is 30.3 Å². The van der Waals surface area contributed by atoms with Crippen LogP contribution in [0.1, 0.15) is 31.7 Å². The van der Waals surface area contributed by atoms with Crippen LogP contribution in [-0.2, 0) is 6.42 Å². The Kier molecular flexibility index (Phi) is 3.42. The molecule has 0 aliphatic heterocycles. The summed E-state index contributed by atoms with van der Waals surface area (Å²) in [6.45, 7) is 2.55. The second-order valence-electron chi connectivity index (χ2n) is 4.37. The molecule has 0 atom stereocenters. The van der Waals surface area contributed by atoms with Crippen molar-refractivity contribution in [1.82, 2.24) is 0 Å². The summed E-state index contributed by atoms with van der Waals surface area (Å²) in [4.78, 5) is 0. The Balaban J connectivity index is 2.16. The molecule has 0 heterocycles. The molecule has 88 valence electrons. The van der Waals surface area contributed by atoms with Crippen molar-refractivity contribution in [1.29, 1.82) is 0 Å². The van der Waals surface area contributed by atoms with Crippen molar-refractivity contribution in [3.63, 3.8) is 0 Å². The van der Waals surface area contributed by atoms with Crippen LogP contribution in [0.2, 0.25) is 0 Å². The molecule has 3 heteroatoms. The van der Waals surface area contributed by atoms with Gasteiger partial charge in [0, 0.05) is 17.7 Å². The fourth-order valence-electron chi connectivity index (χ4n) is 1.69. The van der Waals surface area contributed by atoms with Crippen LogP contribution in [0.15, 0.2) is 12.1 Å². The molecule has 1 nitrogen and oxygen atoms in total. The topological polar surface area (TPSA) is 9.23 Å². The highest BCUT2D eigenvalue weighted by atomic mass is 19.1. The molecule has 0 aromatic heterocycles. The van der Waals surface area contributed by atoms with Gasteiger partial charge in [-0.15, -0.1) is 0 Å². The number of benzene rings is 1. The van der Waals surface area contributed by atoms with E-state index < -0.39 is 11.6 Å². The maximum Gasteiger partial charge on any atom is 0.133 e. The molecule has 1 aromatic rings. The molecule has 1 aliphatic rings. The summed E-state index contributed by atoms with van der Waals surface area (Å²) < 4.78 is 32.1. The number of rotatable bonds is 5. The highest BCUT2D eigenvalue weighted by Crippen LogP contribution is 2.31. The predicted molar refractivity (Wildman–Crippen MR) is 58.6 cm³/mol. The third kappa shape index (κ3) is 2.71. The van der Waals surface area contributed by atoms with E-state index in [1.807, 2.05) is 6.92 Å². The first-order valence-corrected chi connectivity index (χ1v) is 5.81. The van der Waals surface area contributed by atoms with E-state index in [2.05, 4.69) is 0 Å². The fourth-order valence-corrected chi connectivity index (χ4v) is 1.69. The SMILES string of the molecule is CCCc1c(F)cc(F)cc1OCC1CC1. The maximum atomic E-state index is 13.5. The van der Waals surface area contributed by atoms with Crippen molar-refractivity contribution in [2.75, 3.05) is 6.61 Å². The van der Waals surface area contributed by atoms with Crippen LogP contribution in [-0.4, -0.2) is 6.61 Å². The van der Waals surface area contributed by atoms with E-state index >= 15 is 0 Å². The Hall–Kier alpha value is -1.12. The molecule has 0 spiro atoms. The average molecular weight is 226 g/mol. The summed E-state index contributed by atoms with van der Waals surface area (Å²) in [5.41, 5.74) is 0.504. The maximum absolute atomic E-state index is 13.5. The third-order valence-electron chi connectivity index (χ3n) is 2.79. The summed E-state index contributed by atoms with van der Waals surface area (Å²) in [6.07, 6.45) is 3.75. The smallest absolute Gasteiger partial charge is 0.133 e. The Morgan fingerprint density at radius 1 is 1.31 bits per heavy atom. The first-order chi connectivity index (χ1) is 7.70. The molecular weight excluding hydrogens is 210 g/mol. The zero-order valence-electron chi connectivity index (χ0n) is 9.43. The van der Waals surface area contributed by atoms with Crippen molar-refractivity contribution in [3.8, 4) is 5.75 Å². The lowest BCUT2D eigenvalue weighted by molar-refractivity contribution is 0.293. The summed E-state index contributed by atoms with van der Waals surface area (Å²) in [6, 6.07) is 2.21. The third-order valence-corrected chi connectivity index (χ3v) is 2.79. The minimum absolute atomic E-state index is 0.381. The van der Waals surface area contributed by atoms with Gasteiger partial charge in [-0.1, -0.05) is 13.3 Å². The zero-order valence-corrected chi connectivity index (χ0v) is 9.43. The first kappa shape index (κ1) is 11.4. The van der Waals surface area contributed by atoms with Gasteiger partial charge in [0.2, 0.25) is 0 Å². The lowest BCUT2D eigenvalue weighted by Gasteiger charge is -2.11. The Morgan fingerprint density at radius 2 is 2.06 bits per heavy atom. The molecule has 16 heavy (non-hydrogen) atoms. The molecule has 2 rings (SSSR count). The van der Waals surface area contributed by atoms with E-state index in [1.54, 1.807) is 0 Å². The van der Waals surface area contributed by atoms with Gasteiger partial charge in [-0.25, -0.2) is 8.78 Å². The van der Waals surface area contributed by atoms with Gasteiger partial charge in [0.25, 0.3) is 0 Å². The molecule has 0 amide bonds. The van der Waals surface area contributed by atoms with Gasteiger partial charge in [0.05, 0.1) is 6.61 Å². The van der Waals surface area contributed by atoms with Gasteiger partial charge < -0.3 is 4.74 Å². The molecular formula is C13H16F2O. The van der Waals surface area contributed by atoms with Gasteiger partial charge in [-0.05, 0) is 25.2 Å². The molecule has 0 bridgehead atoms. The van der Waals surface area contributed by atoms with Gasteiger partial charge in [-0.3, -0.25) is 0 Å². The van der Waals surface area contributed by atoms with Gasteiger partial charge >= 0.3 is 0 Å². The highest BCUT2D eigenvalue weighted by molar-refractivity contribution is 5.35. The molecule has 1 aliphatic carbocycles. The van der Waals surface area contributed by atoms with Crippen LogP contribution in [0.5, 0.6) is 5.75 Å². The quantitative estimate of drug-likeness (QED) is 0.743.